The average Bonchev–Trinajstić information content (AvgIpc) is 2.58. The van der Waals surface area contributed by atoms with Crippen molar-refractivity contribution < 1.29 is 9.53 Å². The molecular weight excluding hydrogens is 310 g/mol. The third-order valence-corrected chi connectivity index (χ3v) is 4.31. The molecule has 0 saturated carbocycles. The summed E-state index contributed by atoms with van der Waals surface area (Å²) >= 11 is 0. The topological polar surface area (TPSA) is 38.3 Å². The smallest absolute Gasteiger partial charge is 0.258 e. The lowest BCUT2D eigenvalue weighted by Gasteiger charge is -2.20. The van der Waals surface area contributed by atoms with E-state index < -0.39 is 0 Å². The van der Waals surface area contributed by atoms with Gasteiger partial charge in [0.1, 0.15) is 5.75 Å². The zero-order valence-electron chi connectivity index (χ0n) is 15.9. The van der Waals surface area contributed by atoms with Gasteiger partial charge in [0.05, 0.1) is 6.04 Å². The molecule has 0 heterocycles. The van der Waals surface area contributed by atoms with Crippen molar-refractivity contribution >= 4 is 5.91 Å². The molecule has 2 rings (SSSR count). The molecule has 3 nitrogen and oxygen atoms in total. The Kier molecular flexibility index (Phi) is 6.24. The summed E-state index contributed by atoms with van der Waals surface area (Å²) in [5.41, 5.74) is 3.69. The molecule has 1 unspecified atom stereocenters. The summed E-state index contributed by atoms with van der Waals surface area (Å²) in [6, 6.07) is 16.2. The first-order valence-corrected chi connectivity index (χ1v) is 8.89. The van der Waals surface area contributed by atoms with E-state index in [1.54, 1.807) is 0 Å². The van der Waals surface area contributed by atoms with Crippen LogP contribution in [0.3, 0.4) is 0 Å². The lowest BCUT2D eigenvalue weighted by Crippen LogP contribution is -2.32. The molecule has 1 atom stereocenters. The van der Waals surface area contributed by atoms with Gasteiger partial charge in [-0.1, -0.05) is 69.7 Å². The molecule has 0 saturated heterocycles. The molecule has 0 aromatic heterocycles. The van der Waals surface area contributed by atoms with Crippen molar-refractivity contribution in [2.24, 2.45) is 0 Å². The highest BCUT2D eigenvalue weighted by Gasteiger charge is 2.15. The quantitative estimate of drug-likeness (QED) is 0.809. The summed E-state index contributed by atoms with van der Waals surface area (Å²) < 4.78 is 5.62. The predicted octanol–water partition coefficient (Wildman–Crippen LogP) is 4.94. The normalized spacial score (nSPS) is 12.5. The van der Waals surface area contributed by atoms with Gasteiger partial charge in [-0.3, -0.25) is 4.79 Å². The van der Waals surface area contributed by atoms with Crippen LogP contribution >= 0.6 is 0 Å². The molecule has 0 spiro atoms. The zero-order valence-corrected chi connectivity index (χ0v) is 15.9. The first kappa shape index (κ1) is 19.0. The van der Waals surface area contributed by atoms with E-state index in [1.807, 2.05) is 24.3 Å². The largest absolute Gasteiger partial charge is 0.484 e. The second kappa shape index (κ2) is 8.19. The van der Waals surface area contributed by atoms with Crippen molar-refractivity contribution in [2.75, 3.05) is 6.61 Å². The Balaban J connectivity index is 1.90. The molecule has 1 amide bonds. The van der Waals surface area contributed by atoms with E-state index >= 15 is 0 Å². The monoisotopic (exact) mass is 339 g/mol. The number of benzene rings is 2. The maximum Gasteiger partial charge on any atom is 0.258 e. The van der Waals surface area contributed by atoms with E-state index in [9.17, 15) is 4.79 Å². The van der Waals surface area contributed by atoms with E-state index in [-0.39, 0.29) is 24.0 Å². The minimum Gasteiger partial charge on any atom is -0.484 e. The fourth-order valence-corrected chi connectivity index (χ4v) is 2.66. The summed E-state index contributed by atoms with van der Waals surface area (Å²) in [6.07, 6.45) is 0.842. The average molecular weight is 339 g/mol. The number of ether oxygens (including phenoxy) is 1. The van der Waals surface area contributed by atoms with Crippen molar-refractivity contribution in [3.8, 4) is 5.75 Å². The molecule has 0 aliphatic heterocycles. The number of aryl methyl sites for hydroxylation is 1. The second-order valence-electron chi connectivity index (χ2n) is 7.50. The van der Waals surface area contributed by atoms with Crippen LogP contribution in [-0.4, -0.2) is 12.5 Å². The number of hydrogen-bond acceptors (Lipinski definition) is 2. The predicted molar refractivity (Wildman–Crippen MR) is 103 cm³/mol. The number of amides is 1. The van der Waals surface area contributed by atoms with Crippen LogP contribution in [0.2, 0.25) is 0 Å². The first-order valence-electron chi connectivity index (χ1n) is 8.89. The molecule has 134 valence electrons. The van der Waals surface area contributed by atoms with Crippen LogP contribution in [-0.2, 0) is 10.2 Å². The highest BCUT2D eigenvalue weighted by molar-refractivity contribution is 5.78. The number of hydrogen-bond donors (Lipinski definition) is 1. The van der Waals surface area contributed by atoms with E-state index in [4.69, 9.17) is 4.74 Å². The molecule has 2 aromatic carbocycles. The van der Waals surface area contributed by atoms with Crippen LogP contribution in [0.25, 0.3) is 0 Å². The molecule has 25 heavy (non-hydrogen) atoms. The molecule has 2 aromatic rings. The highest BCUT2D eigenvalue weighted by Crippen LogP contribution is 2.24. The van der Waals surface area contributed by atoms with Gasteiger partial charge in [0.15, 0.2) is 6.61 Å². The van der Waals surface area contributed by atoms with Crippen molar-refractivity contribution in [1.82, 2.24) is 5.32 Å². The molecule has 0 aliphatic rings. The molecule has 3 heteroatoms. The Morgan fingerprint density at radius 2 is 1.64 bits per heavy atom. The van der Waals surface area contributed by atoms with Crippen LogP contribution in [0.15, 0.2) is 48.5 Å². The third kappa shape index (κ3) is 5.63. The fraction of sp³-hybridized carbons (Fsp3) is 0.409. The number of nitrogens with one attached hydrogen (secondary N) is 1. The fourth-order valence-electron chi connectivity index (χ4n) is 2.66. The summed E-state index contributed by atoms with van der Waals surface area (Å²) in [7, 11) is 0. The van der Waals surface area contributed by atoms with Crippen LogP contribution in [0, 0.1) is 6.92 Å². The zero-order chi connectivity index (χ0) is 18.4. The van der Waals surface area contributed by atoms with Crippen molar-refractivity contribution in [2.45, 2.75) is 52.5 Å². The third-order valence-electron chi connectivity index (χ3n) is 4.31. The Hall–Kier alpha value is -2.29. The molecule has 0 fully saturated rings. The van der Waals surface area contributed by atoms with Crippen LogP contribution in [0.1, 0.15) is 56.8 Å². The number of rotatable bonds is 6. The molecule has 0 radical (unpaired) electrons. The van der Waals surface area contributed by atoms with Gasteiger partial charge in [0.2, 0.25) is 0 Å². The molecule has 1 N–H and O–H groups in total. The van der Waals surface area contributed by atoms with Gasteiger partial charge >= 0.3 is 0 Å². The number of carbonyl (C=O) groups is 1. The van der Waals surface area contributed by atoms with Crippen molar-refractivity contribution in [3.63, 3.8) is 0 Å². The maximum absolute atomic E-state index is 12.2. The van der Waals surface area contributed by atoms with Crippen molar-refractivity contribution in [3.05, 3.63) is 65.2 Å². The Labute approximate surface area is 151 Å². The van der Waals surface area contributed by atoms with Gasteiger partial charge in [-0.15, -0.1) is 0 Å². The van der Waals surface area contributed by atoms with E-state index in [1.165, 1.54) is 11.1 Å². The van der Waals surface area contributed by atoms with Gasteiger partial charge in [0, 0.05) is 0 Å². The van der Waals surface area contributed by atoms with Gasteiger partial charge < -0.3 is 10.1 Å². The summed E-state index contributed by atoms with van der Waals surface area (Å²) in [5.74, 6) is 0.610. The lowest BCUT2D eigenvalue weighted by atomic mass is 9.87. The van der Waals surface area contributed by atoms with E-state index in [0.717, 1.165) is 12.0 Å². The highest BCUT2D eigenvalue weighted by atomic mass is 16.5. The summed E-state index contributed by atoms with van der Waals surface area (Å²) in [6.45, 7) is 10.7. The first-order chi connectivity index (χ1) is 11.8. The summed E-state index contributed by atoms with van der Waals surface area (Å²) in [4.78, 5) is 12.2. The van der Waals surface area contributed by atoms with Gasteiger partial charge in [0.25, 0.3) is 5.91 Å². The molecular formula is C22H29NO2. The molecule has 0 bridgehead atoms. The van der Waals surface area contributed by atoms with Crippen LogP contribution < -0.4 is 10.1 Å². The minimum atomic E-state index is -0.104. The molecule has 0 aliphatic carbocycles. The Bertz CT molecular complexity index is 681. The van der Waals surface area contributed by atoms with Gasteiger partial charge in [-0.05, 0) is 42.0 Å². The SMILES string of the molecule is CCC(NC(=O)COc1ccc(C(C)(C)C)cc1)c1ccc(C)cc1. The maximum atomic E-state index is 12.2. The Morgan fingerprint density at radius 1 is 1.04 bits per heavy atom. The van der Waals surface area contributed by atoms with Crippen molar-refractivity contribution in [1.29, 1.82) is 0 Å². The van der Waals surface area contributed by atoms with Crippen LogP contribution in [0.5, 0.6) is 5.75 Å². The second-order valence-corrected chi connectivity index (χ2v) is 7.50. The van der Waals surface area contributed by atoms with Gasteiger partial charge in [-0.2, -0.15) is 0 Å². The van der Waals surface area contributed by atoms with E-state index in [2.05, 4.69) is 64.2 Å². The summed E-state index contributed by atoms with van der Waals surface area (Å²) in [5, 5.41) is 3.04. The van der Waals surface area contributed by atoms with E-state index in [0.29, 0.717) is 5.75 Å². The van der Waals surface area contributed by atoms with Gasteiger partial charge in [-0.25, -0.2) is 0 Å². The number of carbonyl (C=O) groups excluding carboxylic acids is 1. The minimum absolute atomic E-state index is 0.0139. The Morgan fingerprint density at radius 3 is 2.16 bits per heavy atom. The lowest BCUT2D eigenvalue weighted by molar-refractivity contribution is -0.123. The standard InChI is InChI=1S/C22H29NO2/c1-6-20(17-9-7-16(2)8-10-17)23-21(24)15-25-19-13-11-18(12-14-19)22(3,4)5/h7-14,20H,6,15H2,1-5H3,(H,23,24). The van der Waals surface area contributed by atoms with Crippen LogP contribution in [0.4, 0.5) is 0 Å².